The predicted molar refractivity (Wildman–Crippen MR) is 104 cm³/mol. The van der Waals surface area contributed by atoms with Crippen LogP contribution in [-0.4, -0.2) is 4.92 Å². The predicted octanol–water partition coefficient (Wildman–Crippen LogP) is 3.49. The van der Waals surface area contributed by atoms with E-state index >= 15 is 0 Å². The average molecular weight is 706 g/mol. The molecule has 0 saturated heterocycles. The Kier molecular flexibility index (Phi) is 20.1. The van der Waals surface area contributed by atoms with Crippen molar-refractivity contribution in [2.45, 2.75) is 7.43 Å². The van der Waals surface area contributed by atoms with E-state index in [-0.39, 0.29) is 67.8 Å². The van der Waals surface area contributed by atoms with Gasteiger partial charge in [0.1, 0.15) is 9.81 Å². The minimum atomic E-state index is -1.47. The molecule has 0 spiro atoms. The van der Waals surface area contributed by atoms with E-state index in [1.165, 1.54) is 5.34 Å². The van der Waals surface area contributed by atoms with E-state index < -0.39 is 33.9 Å². The first-order valence-corrected chi connectivity index (χ1v) is 9.04. The summed E-state index contributed by atoms with van der Waals surface area (Å²) in [6.07, 6.45) is 0. The van der Waals surface area contributed by atoms with Crippen LogP contribution in [0.15, 0.2) is 41.4 Å². The van der Waals surface area contributed by atoms with Gasteiger partial charge >= 0.3 is 57.1 Å². The van der Waals surface area contributed by atoms with Gasteiger partial charge in [0.25, 0.3) is 0 Å². The van der Waals surface area contributed by atoms with Crippen molar-refractivity contribution < 1.29 is 84.1 Å². The van der Waals surface area contributed by atoms with Gasteiger partial charge in [-0.2, -0.15) is 4.39 Å². The van der Waals surface area contributed by atoms with Gasteiger partial charge in [-0.15, -0.1) is 4.91 Å². The van der Waals surface area contributed by atoms with Gasteiger partial charge in [-0.25, -0.2) is 13.2 Å². The summed E-state index contributed by atoms with van der Waals surface area (Å²) in [5.74, 6) is -4.44. The SMILES string of the molecule is C.Fc1cc(Br)c(Br)cc1F.O=NO[O-].O=[N+]([O-])c1c(F)c(F)cc(Br)c1Br.[K+]. The molecule has 29 heavy (non-hydrogen) atoms. The normalized spacial score (nSPS) is 8.72. The van der Waals surface area contributed by atoms with Crippen LogP contribution in [0.2, 0.25) is 0 Å². The first-order valence-electron chi connectivity index (χ1n) is 5.86. The fourth-order valence-corrected chi connectivity index (χ4v) is 2.67. The third kappa shape index (κ3) is 11.6. The third-order valence-corrected chi connectivity index (χ3v) is 6.07. The summed E-state index contributed by atoms with van der Waals surface area (Å²) in [6, 6.07) is 2.95. The molecule has 2 aromatic carbocycles. The zero-order chi connectivity index (χ0) is 21.3. The first kappa shape index (κ1) is 34.1. The van der Waals surface area contributed by atoms with E-state index in [9.17, 15) is 27.7 Å². The Morgan fingerprint density at radius 3 is 1.55 bits per heavy atom. The number of nitro groups is 1. The fourth-order valence-electron chi connectivity index (χ4n) is 1.22. The summed E-state index contributed by atoms with van der Waals surface area (Å²) in [6.45, 7) is 0. The molecular weight excluding hydrogens is 699 g/mol. The molecule has 0 bridgehead atoms. The molecule has 7 nitrogen and oxygen atoms in total. The van der Waals surface area contributed by atoms with Crippen LogP contribution in [0.25, 0.3) is 0 Å². The third-order valence-electron chi connectivity index (χ3n) is 2.26. The number of halogens is 8. The fraction of sp³-hybridized carbons (Fsp3) is 0.0769. The quantitative estimate of drug-likeness (QED) is 0.0906. The first-order chi connectivity index (χ1) is 12.5. The summed E-state index contributed by atoms with van der Waals surface area (Å²) in [7, 11) is 0. The molecule has 16 heteroatoms. The van der Waals surface area contributed by atoms with Crippen molar-refractivity contribution in [3.05, 3.63) is 74.4 Å². The van der Waals surface area contributed by atoms with E-state index in [4.69, 9.17) is 10.2 Å². The van der Waals surface area contributed by atoms with Crippen LogP contribution >= 0.6 is 63.7 Å². The van der Waals surface area contributed by atoms with Gasteiger partial charge in [0.05, 0.1) is 4.92 Å². The van der Waals surface area contributed by atoms with Crippen LogP contribution in [0.5, 0.6) is 0 Å². The number of benzene rings is 2. The Balaban J connectivity index is -0.000000379. The van der Waals surface area contributed by atoms with E-state index in [1.54, 1.807) is 0 Å². The summed E-state index contributed by atoms with van der Waals surface area (Å²) < 4.78 is 51.1. The molecule has 0 radical (unpaired) electrons. The van der Waals surface area contributed by atoms with Crippen LogP contribution in [0.3, 0.4) is 0 Å². The molecule has 0 aliphatic rings. The second-order valence-electron chi connectivity index (χ2n) is 3.90. The van der Waals surface area contributed by atoms with Crippen molar-refractivity contribution in [2.24, 2.45) is 5.34 Å². The zero-order valence-corrected chi connectivity index (χ0v) is 22.7. The molecule has 0 N–H and O–H groups in total. The summed E-state index contributed by atoms with van der Waals surface area (Å²) in [4.78, 5) is 20.1. The van der Waals surface area contributed by atoms with E-state index in [0.717, 1.165) is 18.2 Å². The molecule has 2 rings (SSSR count). The monoisotopic (exact) mass is 702 g/mol. The standard InChI is InChI=1S/C6HBr2F2NO2.C6H2Br2F2.CH4.K.HNO3/c7-2-1-3(9)5(10)6(4(2)8)11(12)13;7-3-1-5(9)6(10)2-4(3)8;;;2-1-4-3/h1H;1-2H;1H4;;3H/q;;;+1;/p-1. The Labute approximate surface area is 237 Å². The van der Waals surface area contributed by atoms with Crippen molar-refractivity contribution in [2.75, 3.05) is 0 Å². The molecule has 0 aliphatic heterocycles. The molecule has 0 heterocycles. The van der Waals surface area contributed by atoms with Crippen LogP contribution in [0.1, 0.15) is 7.43 Å². The van der Waals surface area contributed by atoms with Gasteiger partial charge in [-0.3, -0.25) is 10.1 Å². The van der Waals surface area contributed by atoms with Gasteiger partial charge < -0.3 is 10.2 Å². The molecule has 0 aromatic heterocycles. The summed E-state index contributed by atoms with van der Waals surface area (Å²) >= 11 is 11.7. The van der Waals surface area contributed by atoms with Crippen LogP contribution < -0.4 is 56.6 Å². The molecule has 0 atom stereocenters. The summed E-state index contributed by atoms with van der Waals surface area (Å²) in [5.41, 5.74) is -0.910. The molecule has 0 aliphatic carbocycles. The topological polar surface area (TPSA) is 105 Å². The van der Waals surface area contributed by atoms with Gasteiger partial charge in [0, 0.05) is 13.4 Å². The molecule has 0 amide bonds. The van der Waals surface area contributed by atoms with Crippen molar-refractivity contribution in [1.82, 2.24) is 0 Å². The van der Waals surface area contributed by atoms with Crippen molar-refractivity contribution in [1.29, 1.82) is 0 Å². The van der Waals surface area contributed by atoms with Gasteiger partial charge in [-0.1, -0.05) is 7.43 Å². The Morgan fingerprint density at radius 1 is 0.897 bits per heavy atom. The molecule has 0 fully saturated rings. The smallest absolute Gasteiger partial charge is 0.635 e. The Bertz CT molecular complexity index is 775. The maximum absolute atomic E-state index is 12.8. The van der Waals surface area contributed by atoms with E-state index in [2.05, 4.69) is 68.7 Å². The maximum atomic E-state index is 12.8. The largest absolute Gasteiger partial charge is 1.00 e. The van der Waals surface area contributed by atoms with E-state index in [0.29, 0.717) is 8.95 Å². The van der Waals surface area contributed by atoms with Crippen LogP contribution in [0, 0.1) is 38.3 Å². The van der Waals surface area contributed by atoms with Gasteiger partial charge in [0.15, 0.2) is 17.5 Å². The Hall–Kier alpha value is 0.476. The van der Waals surface area contributed by atoms with Gasteiger partial charge in [-0.05, 0) is 81.9 Å². The van der Waals surface area contributed by atoms with Crippen molar-refractivity contribution in [3.8, 4) is 0 Å². The van der Waals surface area contributed by atoms with Gasteiger partial charge in [0.2, 0.25) is 5.82 Å². The summed E-state index contributed by atoms with van der Waals surface area (Å²) in [5, 5.41) is 20.0. The second kappa shape index (κ2) is 17.1. The minimum absolute atomic E-state index is 0. The second-order valence-corrected chi connectivity index (χ2v) is 7.26. The van der Waals surface area contributed by atoms with Crippen LogP contribution in [-0.2, 0) is 4.99 Å². The minimum Gasteiger partial charge on any atom is -0.635 e. The van der Waals surface area contributed by atoms with Crippen molar-refractivity contribution >= 4 is 69.4 Å². The number of nitrogens with zero attached hydrogens (tertiary/aromatic N) is 2. The molecule has 0 unspecified atom stereocenters. The molecule has 0 saturated carbocycles. The molecule has 156 valence electrons. The zero-order valence-electron chi connectivity index (χ0n) is 13.2. The number of hydrogen-bond donors (Lipinski definition) is 0. The van der Waals surface area contributed by atoms with E-state index in [1.807, 2.05) is 0 Å². The molecular formula is C13H7Br4F4KN2O5. The molecule has 2 aromatic rings. The maximum Gasteiger partial charge on any atom is 1.00 e. The number of rotatable bonds is 2. The van der Waals surface area contributed by atoms with Crippen molar-refractivity contribution in [3.63, 3.8) is 0 Å². The van der Waals surface area contributed by atoms with Crippen LogP contribution in [0.4, 0.5) is 23.2 Å². The average Bonchev–Trinajstić information content (AvgIpc) is 2.59. The number of nitro benzene ring substituents is 1. The number of hydrogen-bond acceptors (Lipinski definition) is 6. The Morgan fingerprint density at radius 2 is 1.24 bits per heavy atom.